The summed E-state index contributed by atoms with van der Waals surface area (Å²) in [4.78, 5) is 13.8. The maximum absolute atomic E-state index is 12.1. The molecule has 2 rings (SSSR count). The van der Waals surface area contributed by atoms with Gasteiger partial charge in [-0.25, -0.2) is 4.79 Å². The third-order valence-corrected chi connectivity index (χ3v) is 2.92. The topological polar surface area (TPSA) is 51.3 Å². The van der Waals surface area contributed by atoms with Crippen molar-refractivity contribution < 1.29 is 19.0 Å². The zero-order chi connectivity index (χ0) is 12.6. The Morgan fingerprint density at radius 1 is 1.35 bits per heavy atom. The van der Waals surface area contributed by atoms with Crippen molar-refractivity contribution in [1.29, 1.82) is 0 Å². The molecule has 0 aromatic rings. The SMILES string of the molecule is C[C@H]1OCCN(C(=O)OC(C)(C)C)C1[C@H]1CO1. The van der Waals surface area contributed by atoms with Gasteiger partial charge in [-0.3, -0.25) is 4.90 Å². The average Bonchev–Trinajstić information content (AvgIpc) is 2.98. The van der Waals surface area contributed by atoms with Crippen LogP contribution < -0.4 is 0 Å². The van der Waals surface area contributed by atoms with E-state index in [0.29, 0.717) is 19.8 Å². The van der Waals surface area contributed by atoms with E-state index in [-0.39, 0.29) is 24.3 Å². The molecule has 2 saturated heterocycles. The Bertz CT molecular complexity index is 295. The molecule has 2 heterocycles. The van der Waals surface area contributed by atoms with E-state index in [9.17, 15) is 4.79 Å². The highest BCUT2D eigenvalue weighted by Gasteiger charge is 2.45. The highest BCUT2D eigenvalue weighted by molar-refractivity contribution is 5.69. The maximum atomic E-state index is 12.1. The minimum atomic E-state index is -0.465. The zero-order valence-corrected chi connectivity index (χ0v) is 10.9. The number of morpholine rings is 1. The summed E-state index contributed by atoms with van der Waals surface area (Å²) in [5, 5.41) is 0. The van der Waals surface area contributed by atoms with Crippen molar-refractivity contribution in [2.45, 2.75) is 51.5 Å². The van der Waals surface area contributed by atoms with E-state index >= 15 is 0 Å². The Morgan fingerprint density at radius 3 is 2.53 bits per heavy atom. The quantitative estimate of drug-likeness (QED) is 0.653. The summed E-state index contributed by atoms with van der Waals surface area (Å²) in [5.74, 6) is 0. The van der Waals surface area contributed by atoms with Crippen LogP contribution in [0.5, 0.6) is 0 Å². The van der Waals surface area contributed by atoms with Crippen molar-refractivity contribution in [3.8, 4) is 0 Å². The van der Waals surface area contributed by atoms with Gasteiger partial charge in [0, 0.05) is 6.54 Å². The monoisotopic (exact) mass is 243 g/mol. The normalized spacial score (nSPS) is 33.4. The van der Waals surface area contributed by atoms with Gasteiger partial charge in [0.1, 0.15) is 11.7 Å². The van der Waals surface area contributed by atoms with Gasteiger partial charge in [0.15, 0.2) is 0 Å². The summed E-state index contributed by atoms with van der Waals surface area (Å²) in [5.41, 5.74) is -0.465. The van der Waals surface area contributed by atoms with E-state index in [2.05, 4.69) is 0 Å². The summed E-state index contributed by atoms with van der Waals surface area (Å²) in [7, 11) is 0. The van der Waals surface area contributed by atoms with Gasteiger partial charge in [0.25, 0.3) is 0 Å². The fourth-order valence-electron chi connectivity index (χ4n) is 2.13. The number of amides is 1. The van der Waals surface area contributed by atoms with Crippen LogP contribution in [0.15, 0.2) is 0 Å². The number of hydrogen-bond donors (Lipinski definition) is 0. The highest BCUT2D eigenvalue weighted by Crippen LogP contribution is 2.27. The lowest BCUT2D eigenvalue weighted by molar-refractivity contribution is -0.0747. The highest BCUT2D eigenvalue weighted by atomic mass is 16.6. The third-order valence-electron chi connectivity index (χ3n) is 2.92. The van der Waals surface area contributed by atoms with E-state index in [1.54, 1.807) is 4.90 Å². The van der Waals surface area contributed by atoms with Crippen LogP contribution in [0.4, 0.5) is 4.79 Å². The van der Waals surface area contributed by atoms with Crippen molar-refractivity contribution in [1.82, 2.24) is 4.90 Å². The van der Waals surface area contributed by atoms with Crippen LogP contribution in [0.1, 0.15) is 27.7 Å². The third kappa shape index (κ3) is 3.10. The molecule has 1 unspecified atom stereocenters. The van der Waals surface area contributed by atoms with Gasteiger partial charge < -0.3 is 14.2 Å². The summed E-state index contributed by atoms with van der Waals surface area (Å²) in [6.45, 7) is 9.43. The molecule has 1 amide bonds. The fourth-order valence-corrected chi connectivity index (χ4v) is 2.13. The van der Waals surface area contributed by atoms with Crippen LogP contribution in [0, 0.1) is 0 Å². The molecule has 5 heteroatoms. The Hall–Kier alpha value is -0.810. The van der Waals surface area contributed by atoms with Crippen molar-refractivity contribution in [2.24, 2.45) is 0 Å². The number of carbonyl (C=O) groups is 1. The van der Waals surface area contributed by atoms with Gasteiger partial charge in [-0.15, -0.1) is 0 Å². The van der Waals surface area contributed by atoms with E-state index in [1.807, 2.05) is 27.7 Å². The number of carbonyl (C=O) groups excluding carboxylic acids is 1. The molecule has 0 aliphatic carbocycles. The summed E-state index contributed by atoms with van der Waals surface area (Å²) in [6, 6.07) is -0.0152. The second-order valence-electron chi connectivity index (χ2n) is 5.61. The summed E-state index contributed by atoms with van der Waals surface area (Å²) >= 11 is 0. The maximum Gasteiger partial charge on any atom is 0.410 e. The zero-order valence-electron chi connectivity index (χ0n) is 10.9. The molecule has 0 saturated carbocycles. The average molecular weight is 243 g/mol. The van der Waals surface area contributed by atoms with E-state index in [0.717, 1.165) is 0 Å². The Labute approximate surface area is 102 Å². The molecule has 0 radical (unpaired) electrons. The van der Waals surface area contributed by atoms with E-state index in [4.69, 9.17) is 14.2 Å². The molecule has 0 N–H and O–H groups in total. The van der Waals surface area contributed by atoms with Crippen LogP contribution >= 0.6 is 0 Å². The van der Waals surface area contributed by atoms with Crippen molar-refractivity contribution in [3.63, 3.8) is 0 Å². The molecule has 0 aromatic carbocycles. The molecule has 3 atom stereocenters. The van der Waals surface area contributed by atoms with Crippen LogP contribution in [0.2, 0.25) is 0 Å². The molecule has 0 spiro atoms. The molecular formula is C12H21NO4. The molecule has 5 nitrogen and oxygen atoms in total. The smallest absolute Gasteiger partial charge is 0.410 e. The fraction of sp³-hybridized carbons (Fsp3) is 0.917. The predicted molar refractivity (Wildman–Crippen MR) is 61.9 cm³/mol. The van der Waals surface area contributed by atoms with Crippen LogP contribution in [0.3, 0.4) is 0 Å². The molecule has 2 fully saturated rings. The first-order chi connectivity index (χ1) is 7.88. The number of epoxide rings is 1. The Kier molecular flexibility index (Phi) is 3.32. The van der Waals surface area contributed by atoms with Crippen molar-refractivity contribution in [3.05, 3.63) is 0 Å². The molecule has 2 aliphatic rings. The van der Waals surface area contributed by atoms with Crippen LogP contribution in [-0.2, 0) is 14.2 Å². The number of nitrogens with zero attached hydrogens (tertiary/aromatic N) is 1. The number of rotatable bonds is 1. The molecule has 2 aliphatic heterocycles. The van der Waals surface area contributed by atoms with Gasteiger partial charge >= 0.3 is 6.09 Å². The first kappa shape index (κ1) is 12.6. The van der Waals surface area contributed by atoms with Crippen LogP contribution in [-0.4, -0.2) is 54.6 Å². The summed E-state index contributed by atoms with van der Waals surface area (Å²) < 4.78 is 16.3. The standard InChI is InChI=1S/C12H21NO4/c1-8-10(9-7-16-9)13(5-6-15-8)11(14)17-12(2,3)4/h8-10H,5-7H2,1-4H3/t8-,9-,10?/m1/s1. The van der Waals surface area contributed by atoms with Crippen molar-refractivity contribution >= 4 is 6.09 Å². The molecule has 0 bridgehead atoms. The van der Waals surface area contributed by atoms with E-state index in [1.165, 1.54) is 0 Å². The second-order valence-corrected chi connectivity index (χ2v) is 5.61. The summed E-state index contributed by atoms with van der Waals surface area (Å²) in [6.07, 6.45) is -0.158. The van der Waals surface area contributed by atoms with Gasteiger partial charge in [-0.05, 0) is 27.7 Å². The van der Waals surface area contributed by atoms with Gasteiger partial charge in [-0.2, -0.15) is 0 Å². The molecule has 0 aromatic heterocycles. The molecule has 17 heavy (non-hydrogen) atoms. The Morgan fingerprint density at radius 2 is 2.00 bits per heavy atom. The van der Waals surface area contributed by atoms with E-state index < -0.39 is 5.60 Å². The predicted octanol–water partition coefficient (Wildman–Crippen LogP) is 1.41. The Balaban J connectivity index is 2.03. The molecule has 98 valence electrons. The lowest BCUT2D eigenvalue weighted by Gasteiger charge is -2.39. The van der Waals surface area contributed by atoms with Gasteiger partial charge in [0.05, 0.1) is 25.4 Å². The first-order valence-corrected chi connectivity index (χ1v) is 6.11. The lowest BCUT2D eigenvalue weighted by Crippen LogP contribution is -2.56. The first-order valence-electron chi connectivity index (χ1n) is 6.11. The van der Waals surface area contributed by atoms with Gasteiger partial charge in [-0.1, -0.05) is 0 Å². The molecular weight excluding hydrogens is 222 g/mol. The largest absolute Gasteiger partial charge is 0.444 e. The number of ether oxygens (including phenoxy) is 3. The minimum absolute atomic E-state index is 0.00349. The minimum Gasteiger partial charge on any atom is -0.444 e. The number of hydrogen-bond acceptors (Lipinski definition) is 4. The van der Waals surface area contributed by atoms with Gasteiger partial charge in [0.2, 0.25) is 0 Å². The van der Waals surface area contributed by atoms with Crippen LogP contribution in [0.25, 0.3) is 0 Å². The van der Waals surface area contributed by atoms with Crippen molar-refractivity contribution in [2.75, 3.05) is 19.8 Å². The second kappa shape index (κ2) is 4.46. The lowest BCUT2D eigenvalue weighted by atomic mass is 10.1.